The lowest BCUT2D eigenvalue weighted by molar-refractivity contribution is -0.123. The zero-order valence-corrected chi connectivity index (χ0v) is 10.2. The molecule has 1 rings (SSSR count). The van der Waals surface area contributed by atoms with Crippen LogP contribution in [0.1, 0.15) is 24.9 Å². The Hall–Kier alpha value is -1.46. The van der Waals surface area contributed by atoms with Crippen molar-refractivity contribution in [2.45, 2.75) is 25.4 Å². The van der Waals surface area contributed by atoms with Crippen LogP contribution in [-0.2, 0) is 9.53 Å². The number of pyridine rings is 1. The van der Waals surface area contributed by atoms with E-state index in [2.05, 4.69) is 10.3 Å². The SMILES string of the molecule is COCCC(N)C(=O)N[C@@H](C)c1ccncc1. The second-order valence-electron chi connectivity index (χ2n) is 3.90. The van der Waals surface area contributed by atoms with E-state index in [9.17, 15) is 4.79 Å². The molecule has 94 valence electrons. The van der Waals surface area contributed by atoms with Crippen molar-refractivity contribution in [1.29, 1.82) is 0 Å². The number of carbonyl (C=O) groups excluding carboxylic acids is 1. The molecule has 1 unspecified atom stereocenters. The predicted octanol–water partition coefficient (Wildman–Crippen LogP) is 0.623. The van der Waals surface area contributed by atoms with Crippen LogP contribution in [0.25, 0.3) is 0 Å². The van der Waals surface area contributed by atoms with Gasteiger partial charge in [0.15, 0.2) is 0 Å². The third-order valence-corrected chi connectivity index (χ3v) is 2.53. The van der Waals surface area contributed by atoms with Crippen LogP contribution in [-0.4, -0.2) is 30.6 Å². The molecule has 1 amide bonds. The molecule has 0 radical (unpaired) electrons. The minimum Gasteiger partial charge on any atom is -0.385 e. The second-order valence-corrected chi connectivity index (χ2v) is 3.90. The molecule has 2 atom stereocenters. The van der Waals surface area contributed by atoms with E-state index in [-0.39, 0.29) is 11.9 Å². The van der Waals surface area contributed by atoms with Gasteiger partial charge in [-0.3, -0.25) is 9.78 Å². The molecule has 1 aromatic rings. The number of carbonyl (C=O) groups is 1. The minimum absolute atomic E-state index is 0.0703. The summed E-state index contributed by atoms with van der Waals surface area (Å²) in [5.41, 5.74) is 6.73. The highest BCUT2D eigenvalue weighted by atomic mass is 16.5. The van der Waals surface area contributed by atoms with Crippen molar-refractivity contribution in [1.82, 2.24) is 10.3 Å². The molecule has 0 aliphatic heterocycles. The summed E-state index contributed by atoms with van der Waals surface area (Å²) in [6.07, 6.45) is 3.91. The van der Waals surface area contributed by atoms with E-state index < -0.39 is 6.04 Å². The topological polar surface area (TPSA) is 77.2 Å². The highest BCUT2D eigenvalue weighted by Gasteiger charge is 2.15. The van der Waals surface area contributed by atoms with Crippen molar-refractivity contribution >= 4 is 5.91 Å². The van der Waals surface area contributed by atoms with Crippen molar-refractivity contribution in [2.75, 3.05) is 13.7 Å². The van der Waals surface area contributed by atoms with E-state index in [1.165, 1.54) is 0 Å². The highest BCUT2D eigenvalue weighted by Crippen LogP contribution is 2.10. The maximum atomic E-state index is 11.7. The molecule has 0 fully saturated rings. The Morgan fingerprint density at radius 1 is 1.53 bits per heavy atom. The lowest BCUT2D eigenvalue weighted by Crippen LogP contribution is -2.42. The number of amides is 1. The Labute approximate surface area is 101 Å². The lowest BCUT2D eigenvalue weighted by atomic mass is 10.1. The summed E-state index contributed by atoms with van der Waals surface area (Å²) in [6, 6.07) is 3.13. The Morgan fingerprint density at radius 2 is 2.18 bits per heavy atom. The Kier molecular flexibility index (Phi) is 5.59. The number of ether oxygens (including phenoxy) is 1. The lowest BCUT2D eigenvalue weighted by Gasteiger charge is -2.17. The number of hydrogen-bond acceptors (Lipinski definition) is 4. The van der Waals surface area contributed by atoms with Crippen molar-refractivity contribution in [3.05, 3.63) is 30.1 Å². The smallest absolute Gasteiger partial charge is 0.237 e. The zero-order valence-electron chi connectivity index (χ0n) is 10.2. The van der Waals surface area contributed by atoms with Gasteiger partial charge in [-0.05, 0) is 31.0 Å². The van der Waals surface area contributed by atoms with Gasteiger partial charge in [-0.1, -0.05) is 0 Å². The van der Waals surface area contributed by atoms with Gasteiger partial charge < -0.3 is 15.8 Å². The van der Waals surface area contributed by atoms with Crippen LogP contribution in [0.4, 0.5) is 0 Å². The molecule has 0 aromatic carbocycles. The fourth-order valence-corrected chi connectivity index (χ4v) is 1.43. The molecule has 0 aliphatic rings. The van der Waals surface area contributed by atoms with Gasteiger partial charge in [-0.15, -0.1) is 0 Å². The Bertz CT molecular complexity index is 343. The largest absolute Gasteiger partial charge is 0.385 e. The molecule has 5 heteroatoms. The van der Waals surface area contributed by atoms with E-state index in [0.29, 0.717) is 13.0 Å². The molecular weight excluding hydrogens is 218 g/mol. The fraction of sp³-hybridized carbons (Fsp3) is 0.500. The first-order valence-electron chi connectivity index (χ1n) is 5.60. The second kappa shape index (κ2) is 6.98. The summed E-state index contributed by atoms with van der Waals surface area (Å²) in [7, 11) is 1.59. The van der Waals surface area contributed by atoms with Crippen molar-refractivity contribution in [3.8, 4) is 0 Å². The van der Waals surface area contributed by atoms with Crippen LogP contribution in [0.15, 0.2) is 24.5 Å². The number of nitrogens with two attached hydrogens (primary N) is 1. The van der Waals surface area contributed by atoms with E-state index in [0.717, 1.165) is 5.56 Å². The van der Waals surface area contributed by atoms with E-state index in [4.69, 9.17) is 10.5 Å². The molecule has 0 saturated carbocycles. The van der Waals surface area contributed by atoms with Crippen molar-refractivity contribution in [2.24, 2.45) is 5.73 Å². The van der Waals surface area contributed by atoms with Gasteiger partial charge in [-0.2, -0.15) is 0 Å². The van der Waals surface area contributed by atoms with Gasteiger partial charge in [0.1, 0.15) is 0 Å². The Balaban J connectivity index is 2.46. The number of aromatic nitrogens is 1. The molecule has 0 aliphatic carbocycles. The minimum atomic E-state index is -0.528. The summed E-state index contributed by atoms with van der Waals surface area (Å²) >= 11 is 0. The van der Waals surface area contributed by atoms with Gasteiger partial charge >= 0.3 is 0 Å². The van der Waals surface area contributed by atoms with Crippen LogP contribution in [0.3, 0.4) is 0 Å². The molecule has 5 nitrogen and oxygen atoms in total. The predicted molar refractivity (Wildman–Crippen MR) is 65.3 cm³/mol. The number of rotatable bonds is 6. The van der Waals surface area contributed by atoms with Gasteiger partial charge in [0.25, 0.3) is 0 Å². The van der Waals surface area contributed by atoms with Gasteiger partial charge in [-0.25, -0.2) is 0 Å². The van der Waals surface area contributed by atoms with Crippen molar-refractivity contribution in [3.63, 3.8) is 0 Å². The first-order valence-corrected chi connectivity index (χ1v) is 5.60. The van der Waals surface area contributed by atoms with Gasteiger partial charge in [0.2, 0.25) is 5.91 Å². The normalized spacial score (nSPS) is 14.1. The summed E-state index contributed by atoms with van der Waals surface area (Å²) in [6.45, 7) is 2.40. The molecule has 1 aromatic heterocycles. The summed E-state index contributed by atoms with van der Waals surface area (Å²) in [5, 5.41) is 2.86. The molecule has 3 N–H and O–H groups in total. The number of hydrogen-bond donors (Lipinski definition) is 2. The molecule has 0 bridgehead atoms. The van der Waals surface area contributed by atoms with Gasteiger partial charge in [0, 0.05) is 26.1 Å². The number of methoxy groups -OCH3 is 1. The third-order valence-electron chi connectivity index (χ3n) is 2.53. The number of nitrogens with one attached hydrogen (secondary N) is 1. The third kappa shape index (κ3) is 4.50. The van der Waals surface area contributed by atoms with Crippen LogP contribution in [0, 0.1) is 0 Å². The van der Waals surface area contributed by atoms with E-state index >= 15 is 0 Å². The Morgan fingerprint density at radius 3 is 2.76 bits per heavy atom. The van der Waals surface area contributed by atoms with Gasteiger partial charge in [0.05, 0.1) is 12.1 Å². The van der Waals surface area contributed by atoms with Crippen LogP contribution in [0.5, 0.6) is 0 Å². The first kappa shape index (κ1) is 13.6. The van der Waals surface area contributed by atoms with Crippen molar-refractivity contribution < 1.29 is 9.53 Å². The average molecular weight is 237 g/mol. The fourth-order valence-electron chi connectivity index (χ4n) is 1.43. The average Bonchev–Trinajstić information content (AvgIpc) is 2.36. The first-order chi connectivity index (χ1) is 8.15. The monoisotopic (exact) mass is 237 g/mol. The van der Waals surface area contributed by atoms with Crippen LogP contribution >= 0.6 is 0 Å². The highest BCUT2D eigenvalue weighted by molar-refractivity contribution is 5.81. The maximum absolute atomic E-state index is 11.7. The molecule has 0 spiro atoms. The molecule has 17 heavy (non-hydrogen) atoms. The zero-order chi connectivity index (χ0) is 12.7. The quantitative estimate of drug-likeness (QED) is 0.760. The number of nitrogens with zero attached hydrogens (tertiary/aromatic N) is 1. The molecular formula is C12H19N3O2. The summed E-state index contributed by atoms with van der Waals surface area (Å²) in [4.78, 5) is 15.7. The molecule has 0 saturated heterocycles. The van der Waals surface area contributed by atoms with Crippen LogP contribution in [0.2, 0.25) is 0 Å². The van der Waals surface area contributed by atoms with E-state index in [1.807, 2.05) is 19.1 Å². The van der Waals surface area contributed by atoms with E-state index in [1.54, 1.807) is 19.5 Å². The standard InChI is InChI=1S/C12H19N3O2/c1-9(10-3-6-14-7-4-10)15-12(16)11(13)5-8-17-2/h3-4,6-7,9,11H,5,8,13H2,1-2H3,(H,15,16)/t9-,11?/m0/s1. The summed E-state index contributed by atoms with van der Waals surface area (Å²) in [5.74, 6) is -0.161. The summed E-state index contributed by atoms with van der Waals surface area (Å²) < 4.78 is 4.88. The van der Waals surface area contributed by atoms with Crippen LogP contribution < -0.4 is 11.1 Å². The maximum Gasteiger partial charge on any atom is 0.237 e. The molecule has 1 heterocycles.